The molecule has 60 valence electrons. The van der Waals surface area contributed by atoms with Crippen molar-refractivity contribution >= 4 is 17.1 Å². The summed E-state index contributed by atoms with van der Waals surface area (Å²) in [4.78, 5) is 15.8. The number of carbonyl (C=O) groups is 1. The molecule has 0 fully saturated rings. The Kier molecular flexibility index (Phi) is 2.06. The van der Waals surface area contributed by atoms with E-state index in [0.29, 0.717) is 4.88 Å². The van der Waals surface area contributed by atoms with Gasteiger partial charge in [-0.25, -0.2) is 0 Å². The maximum absolute atomic E-state index is 11.4. The molecule has 0 aliphatic carbocycles. The fourth-order valence-corrected chi connectivity index (χ4v) is 1.37. The van der Waals surface area contributed by atoms with E-state index in [2.05, 4.69) is 4.98 Å². The van der Waals surface area contributed by atoms with Crippen LogP contribution in [-0.4, -0.2) is 16.3 Å². The minimum Gasteiger partial charge on any atom is -0.319 e. The number of carbonyl (C=O) groups excluding carboxylic acids is 1. The van der Waals surface area contributed by atoms with Gasteiger partial charge in [-0.3, -0.25) is 9.78 Å². The number of hydrogen-bond acceptors (Lipinski definition) is 4. The van der Waals surface area contributed by atoms with Crippen LogP contribution in [-0.2, 0) is 0 Å². The lowest BCUT2D eigenvalue weighted by Crippen LogP contribution is -2.41. The van der Waals surface area contributed by atoms with E-state index in [0.717, 1.165) is 0 Å². The van der Waals surface area contributed by atoms with Crippen LogP contribution in [0.15, 0.2) is 11.7 Å². The third-order valence-electron chi connectivity index (χ3n) is 1.24. The van der Waals surface area contributed by atoms with Gasteiger partial charge in [0, 0.05) is 6.20 Å². The summed E-state index contributed by atoms with van der Waals surface area (Å²) in [6, 6.07) is 0. The molecule has 1 rings (SSSR count). The molecule has 1 aromatic heterocycles. The molecule has 0 saturated carbocycles. The highest BCUT2D eigenvalue weighted by Crippen LogP contribution is 2.13. The largest absolute Gasteiger partial charge is 0.319 e. The first-order chi connectivity index (χ1) is 5.02. The number of aromatic nitrogens is 1. The quantitative estimate of drug-likeness (QED) is 0.675. The molecule has 0 unspecified atom stereocenters. The summed E-state index contributed by atoms with van der Waals surface area (Å²) in [5.41, 5.74) is 6.44. The summed E-state index contributed by atoms with van der Waals surface area (Å²) < 4.78 is 0. The molecular weight excluding hydrogens is 160 g/mol. The average molecular weight is 170 g/mol. The van der Waals surface area contributed by atoms with Gasteiger partial charge in [0.2, 0.25) is 0 Å². The highest BCUT2D eigenvalue weighted by molar-refractivity contribution is 7.11. The summed E-state index contributed by atoms with van der Waals surface area (Å²) >= 11 is 1.32. The number of nitrogens with two attached hydrogens (primary N) is 1. The van der Waals surface area contributed by atoms with Crippen molar-refractivity contribution in [1.82, 2.24) is 4.98 Å². The van der Waals surface area contributed by atoms with Gasteiger partial charge in [0.15, 0.2) is 5.78 Å². The number of ketones is 1. The number of thiazole rings is 1. The van der Waals surface area contributed by atoms with Gasteiger partial charge in [0.05, 0.1) is 15.9 Å². The molecule has 0 aromatic carbocycles. The Hall–Kier alpha value is -0.740. The molecule has 0 aliphatic heterocycles. The van der Waals surface area contributed by atoms with E-state index in [4.69, 9.17) is 5.73 Å². The van der Waals surface area contributed by atoms with Crippen molar-refractivity contribution in [2.45, 2.75) is 19.4 Å². The summed E-state index contributed by atoms with van der Waals surface area (Å²) in [7, 11) is 0. The van der Waals surface area contributed by atoms with Gasteiger partial charge in [0.25, 0.3) is 0 Å². The second kappa shape index (κ2) is 2.71. The van der Waals surface area contributed by atoms with Gasteiger partial charge < -0.3 is 5.73 Å². The van der Waals surface area contributed by atoms with Gasteiger partial charge in [-0.2, -0.15) is 0 Å². The van der Waals surface area contributed by atoms with Gasteiger partial charge in [-0.1, -0.05) is 0 Å². The Balaban J connectivity index is 2.88. The van der Waals surface area contributed by atoms with Gasteiger partial charge >= 0.3 is 0 Å². The van der Waals surface area contributed by atoms with Crippen molar-refractivity contribution in [2.24, 2.45) is 5.73 Å². The lowest BCUT2D eigenvalue weighted by atomic mass is 10.0. The number of rotatable bonds is 2. The third-order valence-corrected chi connectivity index (χ3v) is 2.01. The maximum Gasteiger partial charge on any atom is 0.193 e. The smallest absolute Gasteiger partial charge is 0.193 e. The van der Waals surface area contributed by atoms with Crippen molar-refractivity contribution in [3.63, 3.8) is 0 Å². The second-order valence-electron chi connectivity index (χ2n) is 2.92. The summed E-state index contributed by atoms with van der Waals surface area (Å²) in [5, 5.41) is 0. The Bertz CT molecular complexity index is 248. The molecule has 11 heavy (non-hydrogen) atoms. The highest BCUT2D eigenvalue weighted by atomic mass is 32.1. The Labute approximate surface area is 69.3 Å². The monoisotopic (exact) mass is 170 g/mol. The summed E-state index contributed by atoms with van der Waals surface area (Å²) in [5.74, 6) is -0.0556. The van der Waals surface area contributed by atoms with Crippen molar-refractivity contribution in [3.8, 4) is 0 Å². The molecule has 1 aromatic rings. The molecule has 0 radical (unpaired) electrons. The van der Waals surface area contributed by atoms with E-state index in [1.807, 2.05) is 0 Å². The zero-order chi connectivity index (χ0) is 8.48. The summed E-state index contributed by atoms with van der Waals surface area (Å²) in [6.45, 7) is 3.38. The van der Waals surface area contributed by atoms with Gasteiger partial charge in [-0.15, -0.1) is 11.3 Å². The maximum atomic E-state index is 11.4. The molecule has 0 amide bonds. The standard InChI is InChI=1S/C7H10N2OS/c1-7(2,8)6(10)5-3-9-4-11-5/h3-4H,8H2,1-2H3. The zero-order valence-electron chi connectivity index (χ0n) is 6.50. The first-order valence-corrected chi connectivity index (χ1v) is 4.12. The van der Waals surface area contributed by atoms with Crippen LogP contribution in [0.5, 0.6) is 0 Å². The van der Waals surface area contributed by atoms with Crippen LogP contribution in [0.25, 0.3) is 0 Å². The lowest BCUT2D eigenvalue weighted by Gasteiger charge is -2.14. The van der Waals surface area contributed by atoms with Crippen LogP contribution in [0, 0.1) is 0 Å². The Morgan fingerprint density at radius 1 is 1.73 bits per heavy atom. The van der Waals surface area contributed by atoms with Gasteiger partial charge in [-0.05, 0) is 13.8 Å². The summed E-state index contributed by atoms with van der Waals surface area (Å²) in [6.07, 6.45) is 1.54. The predicted molar refractivity (Wildman–Crippen MR) is 44.7 cm³/mol. The third kappa shape index (κ3) is 1.85. The highest BCUT2D eigenvalue weighted by Gasteiger charge is 2.24. The van der Waals surface area contributed by atoms with E-state index in [-0.39, 0.29) is 5.78 Å². The zero-order valence-corrected chi connectivity index (χ0v) is 7.31. The Morgan fingerprint density at radius 2 is 2.36 bits per heavy atom. The number of hydrogen-bond donors (Lipinski definition) is 1. The van der Waals surface area contributed by atoms with Crippen molar-refractivity contribution in [3.05, 3.63) is 16.6 Å². The molecule has 2 N–H and O–H groups in total. The van der Waals surface area contributed by atoms with Crippen LogP contribution in [0.4, 0.5) is 0 Å². The van der Waals surface area contributed by atoms with Crippen LogP contribution in [0.2, 0.25) is 0 Å². The number of nitrogens with zero attached hydrogens (tertiary/aromatic N) is 1. The lowest BCUT2D eigenvalue weighted by molar-refractivity contribution is 0.0917. The van der Waals surface area contributed by atoms with E-state index in [9.17, 15) is 4.79 Å². The fourth-order valence-electron chi connectivity index (χ4n) is 0.645. The Morgan fingerprint density at radius 3 is 2.73 bits per heavy atom. The van der Waals surface area contributed by atoms with E-state index in [1.165, 1.54) is 11.3 Å². The number of Topliss-reactive ketones (excluding diaryl/α,β-unsaturated/α-hetero) is 1. The molecule has 0 aliphatic rings. The topological polar surface area (TPSA) is 56.0 Å². The van der Waals surface area contributed by atoms with Crippen molar-refractivity contribution in [1.29, 1.82) is 0 Å². The first kappa shape index (κ1) is 8.36. The van der Waals surface area contributed by atoms with Crippen molar-refractivity contribution in [2.75, 3.05) is 0 Å². The average Bonchev–Trinajstić information content (AvgIpc) is 2.34. The molecule has 0 spiro atoms. The molecular formula is C7H10N2OS. The van der Waals surface area contributed by atoms with Crippen LogP contribution in [0.1, 0.15) is 23.5 Å². The molecule has 0 atom stereocenters. The normalized spacial score (nSPS) is 11.5. The van der Waals surface area contributed by atoms with Crippen LogP contribution < -0.4 is 5.73 Å². The van der Waals surface area contributed by atoms with E-state index in [1.54, 1.807) is 25.6 Å². The van der Waals surface area contributed by atoms with E-state index >= 15 is 0 Å². The second-order valence-corrected chi connectivity index (χ2v) is 3.80. The minimum absolute atomic E-state index is 0.0556. The molecule has 0 saturated heterocycles. The first-order valence-electron chi connectivity index (χ1n) is 3.24. The van der Waals surface area contributed by atoms with Crippen LogP contribution >= 0.6 is 11.3 Å². The van der Waals surface area contributed by atoms with E-state index < -0.39 is 5.54 Å². The molecule has 1 heterocycles. The minimum atomic E-state index is -0.785. The fraction of sp³-hybridized carbons (Fsp3) is 0.429. The van der Waals surface area contributed by atoms with Crippen LogP contribution in [0.3, 0.4) is 0 Å². The van der Waals surface area contributed by atoms with Crippen molar-refractivity contribution < 1.29 is 4.79 Å². The molecule has 0 bridgehead atoms. The molecule has 3 nitrogen and oxygen atoms in total. The SMILES string of the molecule is CC(C)(N)C(=O)c1cncs1. The van der Waals surface area contributed by atoms with Gasteiger partial charge in [0.1, 0.15) is 0 Å². The molecule has 4 heteroatoms. The predicted octanol–water partition coefficient (Wildman–Crippen LogP) is 1.06.